The van der Waals surface area contributed by atoms with Crippen LogP contribution in [0.25, 0.3) is 5.82 Å². The minimum atomic E-state index is -2.74. The molecule has 0 aliphatic heterocycles. The predicted molar refractivity (Wildman–Crippen MR) is 154 cm³/mol. The van der Waals surface area contributed by atoms with Gasteiger partial charge in [0.05, 0.1) is 12.8 Å². The number of carbonyl (C=O) groups is 3. The molecule has 0 saturated heterocycles. The SMILES string of the molecule is Cc1ccnc(-n2cccc2CN(CCc2ccccc2)Cc2ccncc2)c1.O=C(O)CC(O)(CC(=O)O)C(=O)O. The molecule has 0 saturated carbocycles. The average molecular weight is 575 g/mol. The van der Waals surface area contributed by atoms with Crippen molar-refractivity contribution in [2.45, 2.75) is 44.9 Å². The van der Waals surface area contributed by atoms with Crippen molar-refractivity contribution in [1.82, 2.24) is 19.4 Å². The zero-order chi connectivity index (χ0) is 30.5. The van der Waals surface area contributed by atoms with Gasteiger partial charge in [-0.3, -0.25) is 19.5 Å². The van der Waals surface area contributed by atoms with E-state index in [2.05, 4.69) is 93.2 Å². The number of aromatic nitrogens is 3. The van der Waals surface area contributed by atoms with Crippen LogP contribution in [0.2, 0.25) is 0 Å². The van der Waals surface area contributed by atoms with Gasteiger partial charge in [-0.2, -0.15) is 0 Å². The van der Waals surface area contributed by atoms with Crippen molar-refractivity contribution in [1.29, 1.82) is 0 Å². The molecule has 0 bridgehead atoms. The van der Waals surface area contributed by atoms with Gasteiger partial charge in [0, 0.05) is 50.1 Å². The first kappa shape index (κ1) is 31.7. The van der Waals surface area contributed by atoms with Crippen LogP contribution in [-0.2, 0) is 33.9 Å². The van der Waals surface area contributed by atoms with Gasteiger partial charge < -0.3 is 25.0 Å². The topological polar surface area (TPSA) is 166 Å². The Kier molecular flexibility index (Phi) is 11.5. The van der Waals surface area contributed by atoms with Gasteiger partial charge in [-0.15, -0.1) is 0 Å². The van der Waals surface area contributed by atoms with E-state index in [0.717, 1.165) is 31.9 Å². The van der Waals surface area contributed by atoms with Crippen molar-refractivity contribution in [3.63, 3.8) is 0 Å². The highest BCUT2D eigenvalue weighted by Crippen LogP contribution is 2.17. The van der Waals surface area contributed by atoms with Crippen LogP contribution in [0.1, 0.15) is 35.2 Å². The summed E-state index contributed by atoms with van der Waals surface area (Å²) in [5.41, 5.74) is 2.36. The quantitative estimate of drug-likeness (QED) is 0.185. The van der Waals surface area contributed by atoms with Crippen LogP contribution in [0.3, 0.4) is 0 Å². The molecule has 0 amide bonds. The summed E-state index contributed by atoms with van der Waals surface area (Å²) in [6, 6.07) is 23.3. The van der Waals surface area contributed by atoms with Crippen LogP contribution in [0.5, 0.6) is 0 Å². The molecule has 0 spiro atoms. The number of pyridine rings is 2. The molecule has 4 N–H and O–H groups in total. The molecule has 4 rings (SSSR count). The second-order valence-corrected chi connectivity index (χ2v) is 9.84. The summed E-state index contributed by atoms with van der Waals surface area (Å²) < 4.78 is 2.19. The van der Waals surface area contributed by atoms with Crippen molar-refractivity contribution < 1.29 is 34.8 Å². The summed E-state index contributed by atoms with van der Waals surface area (Å²) in [7, 11) is 0. The standard InChI is InChI=1S/C25H26N4.C6H8O7/c1-21-9-15-27-25(18-21)29-16-5-8-24(29)20-28(19-23-10-13-26-14-11-23)17-12-22-6-3-2-4-7-22;7-3(8)1-6(13,5(11)12)2-4(9)10/h2-11,13-16,18H,12,17,19-20H2,1H3;13H,1-2H2,(H,7,8)(H,9,10)(H,11,12). The Morgan fingerprint density at radius 2 is 1.50 bits per heavy atom. The zero-order valence-electron chi connectivity index (χ0n) is 23.2. The first-order valence-electron chi connectivity index (χ1n) is 13.2. The Hall–Kier alpha value is -4.87. The number of aliphatic carboxylic acids is 3. The second-order valence-electron chi connectivity index (χ2n) is 9.84. The number of aliphatic hydroxyl groups is 1. The molecule has 0 aliphatic carbocycles. The molecule has 0 unspecified atom stereocenters. The number of benzene rings is 1. The number of rotatable bonds is 13. The lowest BCUT2D eigenvalue weighted by molar-refractivity contribution is -0.170. The molecule has 42 heavy (non-hydrogen) atoms. The average Bonchev–Trinajstić information content (AvgIpc) is 3.40. The van der Waals surface area contributed by atoms with E-state index in [1.54, 1.807) is 0 Å². The van der Waals surface area contributed by atoms with E-state index in [-0.39, 0.29) is 0 Å². The number of hydrogen-bond acceptors (Lipinski definition) is 7. The third-order valence-electron chi connectivity index (χ3n) is 6.37. The molecule has 1 aromatic carbocycles. The molecule has 0 fully saturated rings. The fourth-order valence-electron chi connectivity index (χ4n) is 4.26. The summed E-state index contributed by atoms with van der Waals surface area (Å²) in [5, 5.41) is 33.8. The summed E-state index contributed by atoms with van der Waals surface area (Å²) in [6.45, 7) is 4.84. The van der Waals surface area contributed by atoms with Crippen LogP contribution in [-0.4, -0.2) is 69.9 Å². The maximum atomic E-state index is 10.3. The van der Waals surface area contributed by atoms with Gasteiger partial charge in [0.1, 0.15) is 5.82 Å². The van der Waals surface area contributed by atoms with E-state index in [4.69, 9.17) is 20.4 Å². The first-order valence-corrected chi connectivity index (χ1v) is 13.2. The highest BCUT2D eigenvalue weighted by Gasteiger charge is 2.40. The maximum absolute atomic E-state index is 10.3. The Balaban J connectivity index is 0.000000316. The normalized spacial score (nSPS) is 11.0. The first-order chi connectivity index (χ1) is 20.1. The lowest BCUT2D eigenvalue weighted by atomic mass is 9.96. The monoisotopic (exact) mass is 574 g/mol. The van der Waals surface area contributed by atoms with Crippen molar-refractivity contribution in [3.05, 3.63) is 114 Å². The third kappa shape index (κ3) is 9.95. The van der Waals surface area contributed by atoms with Crippen molar-refractivity contribution >= 4 is 17.9 Å². The van der Waals surface area contributed by atoms with Crippen molar-refractivity contribution in [2.24, 2.45) is 0 Å². The molecule has 3 heterocycles. The van der Waals surface area contributed by atoms with E-state index in [1.807, 2.05) is 24.7 Å². The zero-order valence-corrected chi connectivity index (χ0v) is 23.2. The second kappa shape index (κ2) is 15.2. The van der Waals surface area contributed by atoms with Gasteiger partial charge >= 0.3 is 17.9 Å². The van der Waals surface area contributed by atoms with E-state index >= 15 is 0 Å². The molecule has 4 aromatic rings. The fraction of sp³-hybridized carbons (Fsp3) is 0.258. The molecular formula is C31H34N4O7. The van der Waals surface area contributed by atoms with E-state index in [1.165, 1.54) is 22.4 Å². The summed E-state index contributed by atoms with van der Waals surface area (Å²) in [5.74, 6) is -4.05. The lowest BCUT2D eigenvalue weighted by Crippen LogP contribution is -2.42. The summed E-state index contributed by atoms with van der Waals surface area (Å²) in [4.78, 5) is 41.7. The van der Waals surface area contributed by atoms with Gasteiger partial charge in [-0.25, -0.2) is 9.78 Å². The molecule has 0 atom stereocenters. The molecule has 3 aromatic heterocycles. The van der Waals surface area contributed by atoms with Crippen molar-refractivity contribution in [3.8, 4) is 5.82 Å². The molecule has 11 heteroatoms. The van der Waals surface area contributed by atoms with Gasteiger partial charge in [0.25, 0.3) is 0 Å². The van der Waals surface area contributed by atoms with E-state index in [0.29, 0.717) is 0 Å². The Bertz CT molecular complexity index is 1440. The Morgan fingerprint density at radius 1 is 0.833 bits per heavy atom. The smallest absolute Gasteiger partial charge is 0.336 e. The molecule has 220 valence electrons. The number of nitrogens with zero attached hydrogens (tertiary/aromatic N) is 4. The number of carboxylic acid groups (broad SMARTS) is 3. The maximum Gasteiger partial charge on any atom is 0.336 e. The van der Waals surface area contributed by atoms with Crippen LogP contribution < -0.4 is 0 Å². The van der Waals surface area contributed by atoms with Crippen LogP contribution in [0.4, 0.5) is 0 Å². The molecule has 0 radical (unpaired) electrons. The van der Waals surface area contributed by atoms with Crippen LogP contribution in [0.15, 0.2) is 91.5 Å². The van der Waals surface area contributed by atoms with Gasteiger partial charge in [-0.05, 0) is 66.4 Å². The predicted octanol–water partition coefficient (Wildman–Crippen LogP) is 3.57. The summed E-state index contributed by atoms with van der Waals surface area (Å²) >= 11 is 0. The summed E-state index contributed by atoms with van der Waals surface area (Å²) in [6.07, 6.45) is 6.43. The minimum absolute atomic E-state index is 0.859. The number of carboxylic acids is 3. The number of hydrogen-bond donors (Lipinski definition) is 4. The Morgan fingerprint density at radius 3 is 2.10 bits per heavy atom. The lowest BCUT2D eigenvalue weighted by Gasteiger charge is -2.23. The number of aryl methyl sites for hydroxylation is 1. The van der Waals surface area contributed by atoms with Crippen LogP contribution in [0, 0.1) is 6.92 Å². The largest absolute Gasteiger partial charge is 0.481 e. The van der Waals surface area contributed by atoms with Gasteiger partial charge in [-0.1, -0.05) is 30.3 Å². The molecular weight excluding hydrogens is 540 g/mol. The third-order valence-corrected chi connectivity index (χ3v) is 6.37. The van der Waals surface area contributed by atoms with Gasteiger partial charge in [0.15, 0.2) is 5.60 Å². The van der Waals surface area contributed by atoms with Crippen molar-refractivity contribution in [2.75, 3.05) is 6.54 Å². The molecule has 0 aliphatic rings. The van der Waals surface area contributed by atoms with E-state index in [9.17, 15) is 14.4 Å². The van der Waals surface area contributed by atoms with E-state index < -0.39 is 36.4 Å². The highest BCUT2D eigenvalue weighted by atomic mass is 16.4. The van der Waals surface area contributed by atoms with Crippen LogP contribution >= 0.6 is 0 Å². The molecule has 11 nitrogen and oxygen atoms in total. The van der Waals surface area contributed by atoms with Gasteiger partial charge in [0.2, 0.25) is 0 Å². The highest BCUT2D eigenvalue weighted by molar-refractivity contribution is 5.88. The fourth-order valence-corrected chi connectivity index (χ4v) is 4.26. The Labute approximate surface area is 243 Å². The minimum Gasteiger partial charge on any atom is -0.481 e.